The lowest BCUT2D eigenvalue weighted by Gasteiger charge is -2.42. The van der Waals surface area contributed by atoms with Crippen LogP contribution in [0.2, 0.25) is 0 Å². The van der Waals surface area contributed by atoms with Gasteiger partial charge in [0.1, 0.15) is 24.2 Å². The van der Waals surface area contributed by atoms with E-state index in [-0.39, 0.29) is 12.6 Å². The standard InChI is InChI=1S/C16H24N2O4/c1-21-12-2-3-15-13(10-12)16(20)14(11-22-15)18-6-4-17(5-7-18)8-9-19/h2-3,10,14,16,19-20H,4-9,11H2,1H3. The molecule has 2 atom stereocenters. The second kappa shape index (κ2) is 6.83. The molecule has 0 spiro atoms. The molecule has 122 valence electrons. The maximum atomic E-state index is 10.7. The highest BCUT2D eigenvalue weighted by molar-refractivity contribution is 5.43. The highest BCUT2D eigenvalue weighted by Crippen LogP contribution is 2.36. The van der Waals surface area contributed by atoms with Crippen molar-refractivity contribution < 1.29 is 19.7 Å². The van der Waals surface area contributed by atoms with Gasteiger partial charge in [-0.05, 0) is 18.2 Å². The van der Waals surface area contributed by atoms with Crippen LogP contribution in [0.25, 0.3) is 0 Å². The molecule has 0 radical (unpaired) electrons. The van der Waals surface area contributed by atoms with Crippen molar-refractivity contribution in [2.45, 2.75) is 12.1 Å². The van der Waals surface area contributed by atoms with E-state index in [1.165, 1.54) is 0 Å². The summed E-state index contributed by atoms with van der Waals surface area (Å²) in [5, 5.41) is 19.7. The van der Waals surface area contributed by atoms with Crippen LogP contribution in [0.4, 0.5) is 0 Å². The number of hydrogen-bond acceptors (Lipinski definition) is 6. The van der Waals surface area contributed by atoms with E-state index in [0.717, 1.165) is 49.8 Å². The molecule has 0 saturated carbocycles. The van der Waals surface area contributed by atoms with Gasteiger partial charge in [0.15, 0.2) is 0 Å². The Morgan fingerprint density at radius 3 is 2.73 bits per heavy atom. The second-order valence-electron chi connectivity index (χ2n) is 5.83. The molecule has 1 saturated heterocycles. The molecule has 6 heteroatoms. The first-order valence-electron chi connectivity index (χ1n) is 7.79. The summed E-state index contributed by atoms with van der Waals surface area (Å²) in [6.07, 6.45) is -0.566. The van der Waals surface area contributed by atoms with Crippen molar-refractivity contribution in [2.75, 3.05) is 53.0 Å². The van der Waals surface area contributed by atoms with Crippen LogP contribution in [-0.2, 0) is 0 Å². The summed E-state index contributed by atoms with van der Waals surface area (Å²) in [5.74, 6) is 1.47. The maximum Gasteiger partial charge on any atom is 0.125 e. The monoisotopic (exact) mass is 308 g/mol. The molecular formula is C16H24N2O4. The number of fused-ring (bicyclic) bond motifs is 1. The Morgan fingerprint density at radius 2 is 2.05 bits per heavy atom. The minimum absolute atomic E-state index is 0.0316. The number of rotatable bonds is 4. The molecule has 0 aromatic heterocycles. The fourth-order valence-electron chi connectivity index (χ4n) is 3.25. The molecule has 22 heavy (non-hydrogen) atoms. The first kappa shape index (κ1) is 15.6. The van der Waals surface area contributed by atoms with Crippen molar-refractivity contribution in [2.24, 2.45) is 0 Å². The molecule has 2 aliphatic heterocycles. The number of ether oxygens (including phenoxy) is 2. The zero-order valence-electron chi connectivity index (χ0n) is 12.9. The minimum atomic E-state index is -0.566. The number of nitrogens with zero attached hydrogens (tertiary/aromatic N) is 2. The van der Waals surface area contributed by atoms with E-state index in [1.807, 2.05) is 18.2 Å². The van der Waals surface area contributed by atoms with Gasteiger partial charge < -0.3 is 19.7 Å². The molecule has 3 rings (SSSR count). The van der Waals surface area contributed by atoms with Gasteiger partial charge in [0, 0.05) is 38.3 Å². The van der Waals surface area contributed by atoms with Gasteiger partial charge in [-0.25, -0.2) is 0 Å². The molecule has 1 aromatic carbocycles. The van der Waals surface area contributed by atoms with Crippen LogP contribution in [-0.4, -0.2) is 79.1 Å². The van der Waals surface area contributed by atoms with E-state index >= 15 is 0 Å². The summed E-state index contributed by atoms with van der Waals surface area (Å²) in [7, 11) is 1.62. The van der Waals surface area contributed by atoms with Crippen molar-refractivity contribution in [1.82, 2.24) is 9.80 Å². The van der Waals surface area contributed by atoms with Gasteiger partial charge in [-0.15, -0.1) is 0 Å². The number of methoxy groups -OCH3 is 1. The van der Waals surface area contributed by atoms with Crippen molar-refractivity contribution in [3.05, 3.63) is 23.8 Å². The van der Waals surface area contributed by atoms with Gasteiger partial charge in [-0.2, -0.15) is 0 Å². The summed E-state index contributed by atoms with van der Waals surface area (Å²) in [6, 6.07) is 5.52. The Labute approximate surface area is 130 Å². The fourth-order valence-corrected chi connectivity index (χ4v) is 3.25. The lowest BCUT2D eigenvalue weighted by molar-refractivity contribution is -0.0188. The number of aliphatic hydroxyl groups is 2. The zero-order valence-corrected chi connectivity index (χ0v) is 12.9. The van der Waals surface area contributed by atoms with Crippen LogP contribution >= 0.6 is 0 Å². The maximum absolute atomic E-state index is 10.7. The van der Waals surface area contributed by atoms with Gasteiger partial charge in [0.25, 0.3) is 0 Å². The van der Waals surface area contributed by atoms with E-state index in [0.29, 0.717) is 6.61 Å². The van der Waals surface area contributed by atoms with Gasteiger partial charge in [0.2, 0.25) is 0 Å². The third-order valence-electron chi connectivity index (χ3n) is 4.60. The molecule has 0 amide bonds. The van der Waals surface area contributed by atoms with Crippen molar-refractivity contribution in [3.63, 3.8) is 0 Å². The predicted molar refractivity (Wildman–Crippen MR) is 82.3 cm³/mol. The molecule has 0 bridgehead atoms. The third-order valence-corrected chi connectivity index (χ3v) is 4.60. The Morgan fingerprint density at radius 1 is 1.27 bits per heavy atom. The number of benzene rings is 1. The van der Waals surface area contributed by atoms with Gasteiger partial charge >= 0.3 is 0 Å². The largest absolute Gasteiger partial charge is 0.497 e. The first-order valence-corrected chi connectivity index (χ1v) is 7.79. The number of aliphatic hydroxyl groups excluding tert-OH is 2. The van der Waals surface area contributed by atoms with Crippen LogP contribution in [0.1, 0.15) is 11.7 Å². The van der Waals surface area contributed by atoms with Gasteiger partial charge in [0.05, 0.1) is 19.8 Å². The first-order chi connectivity index (χ1) is 10.7. The average molecular weight is 308 g/mol. The molecule has 0 aliphatic carbocycles. The quantitative estimate of drug-likeness (QED) is 0.822. The summed E-state index contributed by atoms with van der Waals surface area (Å²) in [4.78, 5) is 4.52. The predicted octanol–water partition coefficient (Wildman–Crippen LogP) is 0.0995. The molecule has 2 unspecified atom stereocenters. The normalized spacial score (nSPS) is 26.3. The SMILES string of the molecule is COc1ccc2c(c1)C(O)C(N1CCN(CCO)CC1)CO2. The minimum Gasteiger partial charge on any atom is -0.497 e. The Kier molecular flexibility index (Phi) is 4.83. The molecule has 2 heterocycles. The highest BCUT2D eigenvalue weighted by Gasteiger charge is 2.35. The van der Waals surface area contributed by atoms with Crippen LogP contribution < -0.4 is 9.47 Å². The number of β-amino-alcohol motifs (C(OH)–C–C–N with tert-alkyl or cyclic N) is 1. The molecule has 2 aliphatic rings. The van der Waals surface area contributed by atoms with Crippen LogP contribution in [0, 0.1) is 0 Å². The van der Waals surface area contributed by atoms with Crippen molar-refractivity contribution in [3.8, 4) is 11.5 Å². The van der Waals surface area contributed by atoms with E-state index in [9.17, 15) is 5.11 Å². The van der Waals surface area contributed by atoms with Crippen LogP contribution in [0.15, 0.2) is 18.2 Å². The number of piperazine rings is 1. The topological polar surface area (TPSA) is 65.4 Å². The summed E-state index contributed by atoms with van der Waals surface area (Å²) < 4.78 is 11.1. The summed E-state index contributed by atoms with van der Waals surface area (Å²) >= 11 is 0. The molecule has 1 fully saturated rings. The molecule has 1 aromatic rings. The number of hydrogen-bond donors (Lipinski definition) is 2. The molecule has 6 nitrogen and oxygen atoms in total. The van der Waals surface area contributed by atoms with E-state index < -0.39 is 6.10 Å². The average Bonchev–Trinajstić information content (AvgIpc) is 2.56. The van der Waals surface area contributed by atoms with Crippen LogP contribution in [0.5, 0.6) is 11.5 Å². The Bertz CT molecular complexity index is 503. The van der Waals surface area contributed by atoms with E-state index in [2.05, 4.69) is 9.80 Å². The summed E-state index contributed by atoms with van der Waals surface area (Å²) in [5.41, 5.74) is 0.799. The second-order valence-corrected chi connectivity index (χ2v) is 5.83. The lowest BCUT2D eigenvalue weighted by atomic mass is 9.97. The lowest BCUT2D eigenvalue weighted by Crippen LogP contribution is -2.54. The fraction of sp³-hybridized carbons (Fsp3) is 0.625. The van der Waals surface area contributed by atoms with Gasteiger partial charge in [-0.3, -0.25) is 9.80 Å². The smallest absolute Gasteiger partial charge is 0.125 e. The molecular weight excluding hydrogens is 284 g/mol. The Balaban J connectivity index is 1.69. The van der Waals surface area contributed by atoms with Gasteiger partial charge in [-0.1, -0.05) is 0 Å². The molecule has 2 N–H and O–H groups in total. The highest BCUT2D eigenvalue weighted by atomic mass is 16.5. The Hall–Kier alpha value is -1.34. The third kappa shape index (κ3) is 3.05. The van der Waals surface area contributed by atoms with Crippen molar-refractivity contribution in [1.29, 1.82) is 0 Å². The van der Waals surface area contributed by atoms with E-state index in [1.54, 1.807) is 7.11 Å². The summed E-state index contributed by atoms with van der Waals surface area (Å²) in [6.45, 7) is 5.00. The van der Waals surface area contributed by atoms with Crippen LogP contribution in [0.3, 0.4) is 0 Å². The van der Waals surface area contributed by atoms with E-state index in [4.69, 9.17) is 14.6 Å². The van der Waals surface area contributed by atoms with Crippen molar-refractivity contribution >= 4 is 0 Å². The zero-order chi connectivity index (χ0) is 15.5.